The third-order valence-corrected chi connectivity index (χ3v) is 7.47. The number of aromatic nitrogens is 2. The molecule has 0 fully saturated rings. The molecule has 212 valence electrons. The number of amides is 1. The van der Waals surface area contributed by atoms with Gasteiger partial charge in [0.15, 0.2) is 11.6 Å². The first-order valence-corrected chi connectivity index (χ1v) is 16.5. The van der Waals surface area contributed by atoms with E-state index in [1.807, 2.05) is 17.7 Å². The van der Waals surface area contributed by atoms with Gasteiger partial charge in [-0.05, 0) is 69.5 Å². The van der Waals surface area contributed by atoms with E-state index in [-0.39, 0.29) is 31.0 Å². The van der Waals surface area contributed by atoms with Crippen molar-refractivity contribution in [1.29, 1.82) is 0 Å². The molecule has 1 aromatic carbocycles. The fourth-order valence-corrected chi connectivity index (χ4v) is 4.61. The van der Waals surface area contributed by atoms with Crippen LogP contribution in [0.2, 0.25) is 25.7 Å². The van der Waals surface area contributed by atoms with E-state index in [4.69, 9.17) is 14.2 Å². The minimum absolute atomic E-state index is 0. The summed E-state index contributed by atoms with van der Waals surface area (Å²) in [5, 5.41) is 14.6. The van der Waals surface area contributed by atoms with Gasteiger partial charge >= 0.3 is 25.0 Å². The first-order chi connectivity index (χ1) is 18.1. The summed E-state index contributed by atoms with van der Waals surface area (Å²) < 4.78 is 33.9. The number of aryl methyl sites for hydroxylation is 1. The van der Waals surface area contributed by atoms with Crippen LogP contribution in [0.1, 0.15) is 31.9 Å². The van der Waals surface area contributed by atoms with Crippen LogP contribution < -0.4 is 34.0 Å². The fraction of sp³-hybridized carbons (Fsp3) is 0.464. The molecule has 1 atom stereocenters. The Labute approximate surface area is 247 Å². The van der Waals surface area contributed by atoms with Crippen molar-refractivity contribution in [3.8, 4) is 11.5 Å². The van der Waals surface area contributed by atoms with Gasteiger partial charge in [0.1, 0.15) is 23.7 Å². The molecule has 0 saturated carbocycles. The van der Waals surface area contributed by atoms with Crippen LogP contribution in [0, 0.1) is 12.7 Å². The zero-order valence-electron chi connectivity index (χ0n) is 24.6. The number of carbonyl (C=O) groups is 2. The second kappa shape index (κ2) is 13.7. The van der Waals surface area contributed by atoms with Gasteiger partial charge in [-0.3, -0.25) is 0 Å². The van der Waals surface area contributed by atoms with Gasteiger partial charge in [-0.1, -0.05) is 25.7 Å². The molecule has 3 aromatic rings. The van der Waals surface area contributed by atoms with Crippen molar-refractivity contribution in [3.05, 3.63) is 53.6 Å². The molecule has 0 bridgehead atoms. The maximum Gasteiger partial charge on any atom is 1.00 e. The summed E-state index contributed by atoms with van der Waals surface area (Å²) in [5.41, 5.74) is 1.11. The molecule has 0 unspecified atom stereocenters. The normalized spacial score (nSPS) is 12.5. The molecule has 2 heterocycles. The summed E-state index contributed by atoms with van der Waals surface area (Å²) in [7, 11) is -1.20. The Morgan fingerprint density at radius 3 is 2.48 bits per heavy atom. The van der Waals surface area contributed by atoms with Gasteiger partial charge in [-0.15, -0.1) is 0 Å². The fourth-order valence-electron chi connectivity index (χ4n) is 3.86. The van der Waals surface area contributed by atoms with Gasteiger partial charge in [0.05, 0.1) is 17.4 Å². The van der Waals surface area contributed by atoms with Gasteiger partial charge < -0.3 is 34.0 Å². The molecular formula is C28H37FLiN3O6Si. The number of ether oxygens (including phenoxy) is 3. The first-order valence-electron chi connectivity index (χ1n) is 12.8. The van der Waals surface area contributed by atoms with Crippen molar-refractivity contribution < 1.29 is 52.2 Å². The minimum Gasteiger partial charge on any atom is -0.548 e. The summed E-state index contributed by atoms with van der Waals surface area (Å²) in [6.45, 7) is 14.8. The van der Waals surface area contributed by atoms with Crippen molar-refractivity contribution in [2.75, 3.05) is 6.61 Å². The van der Waals surface area contributed by atoms with Gasteiger partial charge in [0, 0.05) is 27.1 Å². The number of fused-ring (bicyclic) bond motifs is 1. The van der Waals surface area contributed by atoms with Crippen molar-refractivity contribution in [1.82, 2.24) is 14.9 Å². The molecule has 0 spiro atoms. The van der Waals surface area contributed by atoms with Crippen LogP contribution in [0.3, 0.4) is 0 Å². The number of hydrogen-bond donors (Lipinski definition) is 1. The molecular weight excluding hydrogens is 528 g/mol. The van der Waals surface area contributed by atoms with E-state index in [1.165, 1.54) is 18.2 Å². The molecule has 0 saturated heterocycles. The van der Waals surface area contributed by atoms with E-state index in [2.05, 4.69) is 29.9 Å². The number of carboxylic acids is 1. The average Bonchev–Trinajstić information content (AvgIpc) is 3.12. The molecule has 2 aromatic heterocycles. The number of aliphatic carboxylic acids is 1. The monoisotopic (exact) mass is 565 g/mol. The predicted molar refractivity (Wildman–Crippen MR) is 147 cm³/mol. The third-order valence-electron chi connectivity index (χ3n) is 5.77. The van der Waals surface area contributed by atoms with E-state index < -0.39 is 37.6 Å². The number of benzene rings is 1. The quantitative estimate of drug-likeness (QED) is 0.278. The Kier molecular flexibility index (Phi) is 11.4. The van der Waals surface area contributed by atoms with Crippen LogP contribution in [0.15, 0.2) is 36.7 Å². The van der Waals surface area contributed by atoms with Crippen LogP contribution in [0.25, 0.3) is 11.0 Å². The number of hydrogen-bond acceptors (Lipinski definition) is 7. The number of carboxylic acid groups (broad SMARTS) is 1. The zero-order chi connectivity index (χ0) is 29.0. The van der Waals surface area contributed by atoms with E-state index in [1.54, 1.807) is 33.0 Å². The van der Waals surface area contributed by atoms with Crippen LogP contribution in [-0.2, 0) is 27.4 Å². The molecule has 1 amide bonds. The van der Waals surface area contributed by atoms with Crippen molar-refractivity contribution in [2.45, 2.75) is 78.2 Å². The molecule has 12 heteroatoms. The summed E-state index contributed by atoms with van der Waals surface area (Å²) >= 11 is 0. The molecule has 3 rings (SSSR count). The summed E-state index contributed by atoms with van der Waals surface area (Å²) in [6, 6.07) is 5.45. The maximum absolute atomic E-state index is 15.0. The van der Waals surface area contributed by atoms with E-state index in [0.717, 1.165) is 17.0 Å². The second-order valence-corrected chi connectivity index (χ2v) is 17.3. The molecule has 0 aliphatic carbocycles. The SMILES string of the molecule is Cc1cn(COCC[Si](C)(C)C)c2nccc(Oc3ccc(C[C@H](NC(=O)OC(C)(C)C)C(=O)[O-])cc3F)c12.[Li+]. The van der Waals surface area contributed by atoms with E-state index in [0.29, 0.717) is 30.3 Å². The zero-order valence-corrected chi connectivity index (χ0v) is 25.6. The second-order valence-electron chi connectivity index (χ2n) is 11.7. The Hall–Kier alpha value is -2.85. The number of rotatable bonds is 11. The largest absolute Gasteiger partial charge is 1.00 e. The number of alkyl carbamates (subject to hydrolysis) is 1. The van der Waals surface area contributed by atoms with Crippen molar-refractivity contribution >= 4 is 31.2 Å². The number of halogens is 1. The van der Waals surface area contributed by atoms with Gasteiger partial charge in [-0.2, -0.15) is 0 Å². The number of nitrogens with one attached hydrogen (secondary N) is 1. The number of nitrogens with zero attached hydrogens (tertiary/aromatic N) is 2. The number of pyridine rings is 1. The van der Waals surface area contributed by atoms with Crippen molar-refractivity contribution in [3.63, 3.8) is 0 Å². The minimum atomic E-state index is -1.51. The van der Waals surface area contributed by atoms with Crippen LogP contribution in [0.4, 0.5) is 9.18 Å². The molecule has 9 nitrogen and oxygen atoms in total. The summed E-state index contributed by atoms with van der Waals surface area (Å²) in [6.07, 6.45) is 2.42. The molecule has 0 radical (unpaired) electrons. The van der Waals surface area contributed by atoms with Crippen molar-refractivity contribution in [2.24, 2.45) is 0 Å². The van der Waals surface area contributed by atoms with Crippen LogP contribution >= 0.6 is 0 Å². The predicted octanol–water partition coefficient (Wildman–Crippen LogP) is 1.78. The molecule has 40 heavy (non-hydrogen) atoms. The Morgan fingerprint density at radius 1 is 1.18 bits per heavy atom. The van der Waals surface area contributed by atoms with E-state index in [9.17, 15) is 14.7 Å². The Bertz CT molecular complexity index is 1340. The van der Waals surface area contributed by atoms with Gasteiger partial charge in [-0.25, -0.2) is 14.2 Å². The van der Waals surface area contributed by atoms with Crippen LogP contribution in [-0.4, -0.2) is 47.9 Å². The average molecular weight is 566 g/mol. The third kappa shape index (κ3) is 9.66. The molecule has 0 aliphatic heterocycles. The van der Waals surface area contributed by atoms with Gasteiger partial charge in [0.2, 0.25) is 0 Å². The summed E-state index contributed by atoms with van der Waals surface area (Å²) in [4.78, 5) is 28.0. The summed E-state index contributed by atoms with van der Waals surface area (Å²) in [5.74, 6) is -1.79. The Balaban J connectivity index is 0.00000560. The molecule has 0 aliphatic rings. The van der Waals surface area contributed by atoms with Crippen LogP contribution in [0.5, 0.6) is 11.5 Å². The van der Waals surface area contributed by atoms with Gasteiger partial charge in [0.25, 0.3) is 0 Å². The Morgan fingerprint density at radius 2 is 1.88 bits per heavy atom. The molecule has 1 N–H and O–H groups in total. The number of carbonyl (C=O) groups excluding carboxylic acids is 2. The van der Waals surface area contributed by atoms with E-state index >= 15 is 4.39 Å². The maximum atomic E-state index is 15.0. The smallest absolute Gasteiger partial charge is 0.548 e. The topological polar surface area (TPSA) is 115 Å². The first kappa shape index (κ1) is 33.4. The standard InChI is InChI=1S/C28H38FN3O6Si.Li/c1-18-16-32(17-36-12-13-39(5,6)7)25-24(18)23(10-11-30-25)37-22-9-8-19(14-20(22)29)15-21(26(33)34)31-27(35)38-28(2,3)4;/h8-11,14,16,21H,12-13,15,17H2,1-7H3,(H,31,35)(H,33,34);/q;+1/p-1/t21-;/m0./s1.